The first kappa shape index (κ1) is 17.1. The van der Waals surface area contributed by atoms with Crippen LogP contribution in [0.15, 0.2) is 66.7 Å². The van der Waals surface area contributed by atoms with Gasteiger partial charge in [0.15, 0.2) is 0 Å². The minimum atomic E-state index is -0.0521. The van der Waals surface area contributed by atoms with Crippen LogP contribution in [0, 0.1) is 11.3 Å². The van der Waals surface area contributed by atoms with Crippen LogP contribution in [0.4, 0.5) is 0 Å². The van der Waals surface area contributed by atoms with Gasteiger partial charge in [-0.1, -0.05) is 48.5 Å². The van der Waals surface area contributed by atoms with Gasteiger partial charge >= 0.3 is 0 Å². The third-order valence-corrected chi connectivity index (χ3v) is 4.95. The summed E-state index contributed by atoms with van der Waals surface area (Å²) in [7, 11) is 0. The molecule has 3 aromatic carbocycles. The Bertz CT molecular complexity index is 930. The summed E-state index contributed by atoms with van der Waals surface area (Å²) in [6.45, 7) is 0.602. The zero-order valence-corrected chi connectivity index (χ0v) is 14.6. The lowest BCUT2D eigenvalue weighted by atomic mass is 10.1. The average Bonchev–Trinajstić information content (AvgIpc) is 2.67. The van der Waals surface area contributed by atoms with E-state index >= 15 is 0 Å². The average molecular weight is 346 g/mol. The number of hydrogen-bond acceptors (Lipinski definition) is 3. The first-order chi connectivity index (χ1) is 12.3. The molecule has 0 radical (unpaired) electrons. The molecule has 0 aliphatic rings. The first-order valence-corrected chi connectivity index (χ1v) is 9.26. The predicted octanol–water partition coefficient (Wildman–Crippen LogP) is 4.37. The number of carbonyl (C=O) groups excluding carboxylic acids is 1. The summed E-state index contributed by atoms with van der Waals surface area (Å²) in [6.07, 6.45) is 0. The summed E-state index contributed by atoms with van der Waals surface area (Å²) >= 11 is 1.71. The van der Waals surface area contributed by atoms with Crippen LogP contribution < -0.4 is 5.32 Å². The molecule has 0 unspecified atom stereocenters. The summed E-state index contributed by atoms with van der Waals surface area (Å²) in [5.41, 5.74) is 2.43. The fourth-order valence-corrected chi connectivity index (χ4v) is 3.47. The summed E-state index contributed by atoms with van der Waals surface area (Å²) in [5.74, 6) is 1.53. The third-order valence-electron chi connectivity index (χ3n) is 3.94. The van der Waals surface area contributed by atoms with E-state index in [9.17, 15) is 4.79 Å². The molecular weight excluding hydrogens is 328 g/mol. The Morgan fingerprint density at radius 2 is 1.76 bits per heavy atom. The number of carbonyl (C=O) groups is 1. The fourth-order valence-electron chi connectivity index (χ4n) is 2.61. The lowest BCUT2D eigenvalue weighted by Crippen LogP contribution is -2.25. The SMILES string of the molecule is N#Cc1ccccc1CSCCNC(=O)c1ccc2ccccc2c1. The normalized spacial score (nSPS) is 10.4. The van der Waals surface area contributed by atoms with Gasteiger partial charge in [0.1, 0.15) is 0 Å². The third kappa shape index (κ3) is 4.40. The molecular formula is C21H18N2OS. The lowest BCUT2D eigenvalue weighted by molar-refractivity contribution is 0.0956. The standard InChI is InChI=1S/C21H18N2OS/c22-14-19-7-3-4-8-20(19)15-25-12-11-23-21(24)18-10-9-16-5-1-2-6-17(16)13-18/h1-10,13H,11-12,15H2,(H,23,24). The van der Waals surface area contributed by atoms with Crippen LogP contribution in [0.25, 0.3) is 10.8 Å². The smallest absolute Gasteiger partial charge is 0.251 e. The number of thioether (sulfide) groups is 1. The van der Waals surface area contributed by atoms with Crippen LogP contribution in [-0.2, 0) is 5.75 Å². The Morgan fingerprint density at radius 3 is 2.60 bits per heavy atom. The molecule has 0 saturated heterocycles. The topological polar surface area (TPSA) is 52.9 Å². The molecule has 0 aliphatic carbocycles. The van der Waals surface area contributed by atoms with Gasteiger partial charge in [0.05, 0.1) is 11.6 Å². The number of hydrogen-bond donors (Lipinski definition) is 1. The summed E-state index contributed by atoms with van der Waals surface area (Å²) in [6, 6.07) is 23.6. The van der Waals surface area contributed by atoms with Gasteiger partial charge < -0.3 is 5.32 Å². The molecule has 1 N–H and O–H groups in total. The number of rotatable bonds is 6. The second-order valence-electron chi connectivity index (χ2n) is 5.64. The number of nitriles is 1. The molecule has 3 aromatic rings. The number of nitrogens with zero attached hydrogens (tertiary/aromatic N) is 1. The van der Waals surface area contributed by atoms with Gasteiger partial charge in [-0.3, -0.25) is 4.79 Å². The van der Waals surface area contributed by atoms with E-state index in [1.54, 1.807) is 11.8 Å². The largest absolute Gasteiger partial charge is 0.351 e. The van der Waals surface area contributed by atoms with Crippen molar-refractivity contribution in [3.05, 3.63) is 83.4 Å². The molecule has 0 spiro atoms. The van der Waals surface area contributed by atoms with E-state index in [-0.39, 0.29) is 5.91 Å². The monoisotopic (exact) mass is 346 g/mol. The van der Waals surface area contributed by atoms with Crippen molar-refractivity contribution in [2.75, 3.05) is 12.3 Å². The maximum atomic E-state index is 12.3. The molecule has 4 heteroatoms. The zero-order valence-electron chi connectivity index (χ0n) is 13.7. The van der Waals surface area contributed by atoms with Crippen molar-refractivity contribution in [2.24, 2.45) is 0 Å². The summed E-state index contributed by atoms with van der Waals surface area (Å²) in [4.78, 5) is 12.3. The van der Waals surface area contributed by atoms with Crippen LogP contribution in [-0.4, -0.2) is 18.2 Å². The maximum absolute atomic E-state index is 12.3. The zero-order chi connectivity index (χ0) is 17.5. The highest BCUT2D eigenvalue weighted by atomic mass is 32.2. The highest BCUT2D eigenvalue weighted by molar-refractivity contribution is 7.98. The van der Waals surface area contributed by atoms with Crippen LogP contribution in [0.5, 0.6) is 0 Å². The van der Waals surface area contributed by atoms with Crippen molar-refractivity contribution in [3.63, 3.8) is 0 Å². The molecule has 0 aromatic heterocycles. The second kappa shape index (κ2) is 8.36. The number of benzene rings is 3. The molecule has 25 heavy (non-hydrogen) atoms. The van der Waals surface area contributed by atoms with Gasteiger partial charge in [-0.2, -0.15) is 17.0 Å². The van der Waals surface area contributed by atoms with Crippen LogP contribution >= 0.6 is 11.8 Å². The molecule has 124 valence electrons. The Morgan fingerprint density at radius 1 is 1.00 bits per heavy atom. The number of fused-ring (bicyclic) bond motifs is 1. The molecule has 0 saturated carbocycles. The van der Waals surface area contributed by atoms with Gasteiger partial charge in [-0.25, -0.2) is 0 Å². The van der Waals surface area contributed by atoms with Gasteiger partial charge in [0.25, 0.3) is 5.91 Å². The molecule has 3 nitrogen and oxygen atoms in total. The molecule has 0 fully saturated rings. The van der Waals surface area contributed by atoms with E-state index in [4.69, 9.17) is 5.26 Å². The molecule has 1 amide bonds. The number of nitrogens with one attached hydrogen (secondary N) is 1. The Labute approximate surface area is 151 Å². The molecule has 0 atom stereocenters. The van der Waals surface area contributed by atoms with Crippen molar-refractivity contribution in [2.45, 2.75) is 5.75 Å². The molecule has 0 heterocycles. The van der Waals surface area contributed by atoms with Crippen LogP contribution in [0.2, 0.25) is 0 Å². The Balaban J connectivity index is 1.48. The quantitative estimate of drug-likeness (QED) is 0.674. The second-order valence-corrected chi connectivity index (χ2v) is 6.74. The minimum Gasteiger partial charge on any atom is -0.351 e. The van der Waals surface area contributed by atoms with E-state index in [2.05, 4.69) is 11.4 Å². The Hall–Kier alpha value is -2.77. The van der Waals surface area contributed by atoms with Crippen molar-refractivity contribution in [3.8, 4) is 6.07 Å². The summed E-state index contributed by atoms with van der Waals surface area (Å²) in [5, 5.41) is 14.2. The minimum absolute atomic E-state index is 0.0521. The maximum Gasteiger partial charge on any atom is 0.251 e. The first-order valence-electron chi connectivity index (χ1n) is 8.10. The molecule has 0 bridgehead atoms. The van der Waals surface area contributed by atoms with Crippen LogP contribution in [0.1, 0.15) is 21.5 Å². The summed E-state index contributed by atoms with van der Waals surface area (Å²) < 4.78 is 0. The van der Waals surface area contributed by atoms with E-state index < -0.39 is 0 Å². The van der Waals surface area contributed by atoms with Gasteiger partial charge in [0, 0.05) is 23.6 Å². The van der Waals surface area contributed by atoms with Crippen molar-refractivity contribution < 1.29 is 4.79 Å². The Kier molecular flexibility index (Phi) is 5.71. The highest BCUT2D eigenvalue weighted by Gasteiger charge is 2.06. The van der Waals surface area contributed by atoms with E-state index in [0.29, 0.717) is 12.1 Å². The van der Waals surface area contributed by atoms with E-state index in [1.807, 2.05) is 66.7 Å². The van der Waals surface area contributed by atoms with E-state index in [1.165, 1.54) is 0 Å². The molecule has 3 rings (SSSR count). The fraction of sp³-hybridized carbons (Fsp3) is 0.143. The van der Waals surface area contributed by atoms with Crippen molar-refractivity contribution in [1.82, 2.24) is 5.32 Å². The van der Waals surface area contributed by atoms with Crippen molar-refractivity contribution >= 4 is 28.4 Å². The van der Waals surface area contributed by atoms with Gasteiger partial charge in [0.2, 0.25) is 0 Å². The van der Waals surface area contributed by atoms with Gasteiger partial charge in [-0.05, 0) is 34.5 Å². The number of amides is 1. The molecule has 0 aliphatic heterocycles. The van der Waals surface area contributed by atoms with Crippen molar-refractivity contribution in [1.29, 1.82) is 5.26 Å². The highest BCUT2D eigenvalue weighted by Crippen LogP contribution is 2.17. The van der Waals surface area contributed by atoms with E-state index in [0.717, 1.165) is 33.4 Å². The van der Waals surface area contributed by atoms with Gasteiger partial charge in [-0.15, -0.1) is 0 Å². The predicted molar refractivity (Wildman–Crippen MR) is 104 cm³/mol. The lowest BCUT2D eigenvalue weighted by Gasteiger charge is -2.07. The van der Waals surface area contributed by atoms with Crippen LogP contribution in [0.3, 0.4) is 0 Å².